The highest BCUT2D eigenvalue weighted by Gasteiger charge is 2.03. The van der Waals surface area contributed by atoms with Crippen molar-refractivity contribution < 1.29 is 5.11 Å². The molecule has 0 bridgehead atoms. The van der Waals surface area contributed by atoms with Crippen LogP contribution in [0.4, 0.5) is 0 Å². The molecule has 3 rings (SSSR count). The number of aliphatic hydroxyl groups excluding tert-OH is 1. The molecule has 0 aliphatic carbocycles. The molecule has 1 unspecified atom stereocenters. The zero-order valence-electron chi connectivity index (χ0n) is 17.0. The third-order valence-electron chi connectivity index (χ3n) is 4.79. The molecule has 1 aromatic heterocycles. The highest BCUT2D eigenvalue weighted by Crippen LogP contribution is 2.22. The van der Waals surface area contributed by atoms with Gasteiger partial charge in [0.2, 0.25) is 0 Å². The standard InChI is InChI=1S/C26H28N2O/c1-3-7-21-10-14-23(15-11-21)25-18-27-26(28-19-25)24-16-12-22(13-17-24)9-6-4-5-8-20(2)29/h3,6,9-20,29H,1,4-5,7-8H2,2H3/b9-6+. The van der Waals surface area contributed by atoms with Gasteiger partial charge in [0.15, 0.2) is 5.82 Å². The van der Waals surface area contributed by atoms with Gasteiger partial charge in [-0.1, -0.05) is 66.8 Å². The third kappa shape index (κ3) is 6.23. The average molecular weight is 385 g/mol. The molecule has 1 heterocycles. The lowest BCUT2D eigenvalue weighted by Crippen LogP contribution is -1.97. The molecule has 0 aliphatic heterocycles. The van der Waals surface area contributed by atoms with Gasteiger partial charge < -0.3 is 5.11 Å². The van der Waals surface area contributed by atoms with E-state index in [1.807, 2.05) is 25.4 Å². The first kappa shape index (κ1) is 20.7. The highest BCUT2D eigenvalue weighted by atomic mass is 16.3. The zero-order chi connectivity index (χ0) is 20.5. The zero-order valence-corrected chi connectivity index (χ0v) is 17.0. The van der Waals surface area contributed by atoms with Gasteiger partial charge in [0.1, 0.15) is 0 Å². The first-order valence-corrected chi connectivity index (χ1v) is 10.1. The summed E-state index contributed by atoms with van der Waals surface area (Å²) in [4.78, 5) is 9.10. The molecular weight excluding hydrogens is 356 g/mol. The Morgan fingerprint density at radius 3 is 2.21 bits per heavy atom. The number of aliphatic hydroxyl groups is 1. The normalized spacial score (nSPS) is 12.2. The predicted octanol–water partition coefficient (Wildman–Crippen LogP) is 6.10. The predicted molar refractivity (Wildman–Crippen MR) is 121 cm³/mol. The number of hydrogen-bond donors (Lipinski definition) is 1. The molecule has 0 spiro atoms. The molecule has 3 nitrogen and oxygen atoms in total. The van der Waals surface area contributed by atoms with Gasteiger partial charge in [0.05, 0.1) is 6.10 Å². The summed E-state index contributed by atoms with van der Waals surface area (Å²) in [5.74, 6) is 0.726. The lowest BCUT2D eigenvalue weighted by Gasteiger charge is -2.05. The van der Waals surface area contributed by atoms with Gasteiger partial charge in [-0.15, -0.1) is 6.58 Å². The number of benzene rings is 2. The maximum absolute atomic E-state index is 9.28. The van der Waals surface area contributed by atoms with E-state index < -0.39 is 0 Å². The maximum Gasteiger partial charge on any atom is 0.159 e. The molecule has 0 saturated heterocycles. The molecule has 3 heteroatoms. The molecule has 0 aliphatic rings. The second kappa shape index (κ2) is 10.5. The van der Waals surface area contributed by atoms with E-state index in [0.29, 0.717) is 0 Å². The van der Waals surface area contributed by atoms with Crippen molar-refractivity contribution in [2.75, 3.05) is 0 Å². The van der Waals surface area contributed by atoms with Crippen molar-refractivity contribution in [2.45, 2.75) is 38.7 Å². The van der Waals surface area contributed by atoms with Crippen molar-refractivity contribution in [3.05, 3.63) is 90.8 Å². The van der Waals surface area contributed by atoms with Gasteiger partial charge in [-0.2, -0.15) is 0 Å². The molecule has 3 aromatic rings. The SMILES string of the molecule is C=CCc1ccc(-c2cnc(-c3ccc(/C=C/CCCC(C)O)cc3)nc2)cc1. The lowest BCUT2D eigenvalue weighted by molar-refractivity contribution is 0.182. The Morgan fingerprint density at radius 2 is 1.59 bits per heavy atom. The van der Waals surface area contributed by atoms with E-state index in [1.165, 1.54) is 5.56 Å². The third-order valence-corrected chi connectivity index (χ3v) is 4.79. The Hall–Kier alpha value is -3.04. The van der Waals surface area contributed by atoms with Crippen molar-refractivity contribution in [1.29, 1.82) is 0 Å². The van der Waals surface area contributed by atoms with Crippen LogP contribution < -0.4 is 0 Å². The van der Waals surface area contributed by atoms with E-state index in [-0.39, 0.29) is 6.10 Å². The Balaban J connectivity index is 1.62. The maximum atomic E-state index is 9.28. The van der Waals surface area contributed by atoms with Crippen LogP contribution in [-0.4, -0.2) is 21.2 Å². The fraction of sp³-hybridized carbons (Fsp3) is 0.231. The lowest BCUT2D eigenvalue weighted by atomic mass is 10.1. The summed E-state index contributed by atoms with van der Waals surface area (Å²) in [6.07, 6.45) is 13.4. The molecule has 1 atom stereocenters. The topological polar surface area (TPSA) is 46.0 Å². The van der Waals surface area contributed by atoms with Crippen LogP contribution in [0.5, 0.6) is 0 Å². The Kier molecular flexibility index (Phi) is 7.48. The van der Waals surface area contributed by atoms with Gasteiger partial charge >= 0.3 is 0 Å². The molecule has 2 aromatic carbocycles. The van der Waals surface area contributed by atoms with Crippen LogP contribution >= 0.6 is 0 Å². The molecular formula is C26H28N2O. The van der Waals surface area contributed by atoms with Crippen LogP contribution in [0.1, 0.15) is 37.3 Å². The molecule has 0 radical (unpaired) electrons. The van der Waals surface area contributed by atoms with Crippen LogP contribution in [0.25, 0.3) is 28.6 Å². The van der Waals surface area contributed by atoms with Crippen molar-refractivity contribution >= 4 is 6.08 Å². The summed E-state index contributed by atoms with van der Waals surface area (Å²) in [5, 5.41) is 9.28. The van der Waals surface area contributed by atoms with E-state index in [1.54, 1.807) is 0 Å². The van der Waals surface area contributed by atoms with Gasteiger partial charge in [-0.05, 0) is 49.3 Å². The Labute approximate surface area is 173 Å². The van der Waals surface area contributed by atoms with Crippen LogP contribution in [-0.2, 0) is 6.42 Å². The average Bonchev–Trinajstić information content (AvgIpc) is 2.75. The second-order valence-electron chi connectivity index (χ2n) is 7.29. The molecule has 1 N–H and O–H groups in total. The number of hydrogen-bond acceptors (Lipinski definition) is 3. The molecule has 0 saturated carbocycles. The first-order valence-electron chi connectivity index (χ1n) is 10.1. The van der Waals surface area contributed by atoms with Crippen molar-refractivity contribution in [2.24, 2.45) is 0 Å². The van der Waals surface area contributed by atoms with Crippen LogP contribution in [0.15, 0.2) is 79.7 Å². The van der Waals surface area contributed by atoms with Gasteiger partial charge in [0.25, 0.3) is 0 Å². The molecule has 0 fully saturated rings. The summed E-state index contributed by atoms with van der Waals surface area (Å²) in [7, 11) is 0. The molecule has 148 valence electrons. The quantitative estimate of drug-likeness (QED) is 0.358. The first-order chi connectivity index (χ1) is 14.2. The van der Waals surface area contributed by atoms with E-state index in [2.05, 4.69) is 77.2 Å². The smallest absolute Gasteiger partial charge is 0.159 e. The highest BCUT2D eigenvalue weighted by molar-refractivity contribution is 5.65. The fourth-order valence-corrected chi connectivity index (χ4v) is 3.12. The van der Waals surface area contributed by atoms with E-state index in [9.17, 15) is 5.11 Å². The number of nitrogens with zero attached hydrogens (tertiary/aromatic N) is 2. The van der Waals surface area contributed by atoms with Crippen LogP contribution in [0.3, 0.4) is 0 Å². The van der Waals surface area contributed by atoms with Gasteiger partial charge in [-0.3, -0.25) is 0 Å². The van der Waals surface area contributed by atoms with Gasteiger partial charge in [-0.25, -0.2) is 9.97 Å². The number of allylic oxidation sites excluding steroid dienone is 2. The number of aromatic nitrogens is 2. The van der Waals surface area contributed by atoms with Crippen molar-refractivity contribution in [3.8, 4) is 22.5 Å². The van der Waals surface area contributed by atoms with Crippen LogP contribution in [0, 0.1) is 0 Å². The van der Waals surface area contributed by atoms with E-state index in [0.717, 1.165) is 53.8 Å². The van der Waals surface area contributed by atoms with Gasteiger partial charge in [0, 0.05) is 23.5 Å². The second-order valence-corrected chi connectivity index (χ2v) is 7.29. The Morgan fingerprint density at radius 1 is 0.931 bits per heavy atom. The number of unbranched alkanes of at least 4 members (excludes halogenated alkanes) is 1. The van der Waals surface area contributed by atoms with Crippen LogP contribution in [0.2, 0.25) is 0 Å². The summed E-state index contributed by atoms with van der Waals surface area (Å²) < 4.78 is 0. The van der Waals surface area contributed by atoms with Crippen molar-refractivity contribution in [1.82, 2.24) is 9.97 Å². The summed E-state index contributed by atoms with van der Waals surface area (Å²) in [6.45, 7) is 5.61. The monoisotopic (exact) mass is 384 g/mol. The van der Waals surface area contributed by atoms with E-state index in [4.69, 9.17) is 0 Å². The Bertz CT molecular complexity index is 924. The largest absolute Gasteiger partial charge is 0.393 e. The molecule has 29 heavy (non-hydrogen) atoms. The minimum absolute atomic E-state index is 0.217. The summed E-state index contributed by atoms with van der Waals surface area (Å²) >= 11 is 0. The fourth-order valence-electron chi connectivity index (χ4n) is 3.12. The minimum Gasteiger partial charge on any atom is -0.393 e. The minimum atomic E-state index is -0.217. The summed E-state index contributed by atoms with van der Waals surface area (Å²) in [6, 6.07) is 16.7. The molecule has 0 amide bonds. The van der Waals surface area contributed by atoms with E-state index >= 15 is 0 Å². The van der Waals surface area contributed by atoms with Crippen molar-refractivity contribution in [3.63, 3.8) is 0 Å². The number of rotatable bonds is 9. The summed E-state index contributed by atoms with van der Waals surface area (Å²) in [5.41, 5.74) is 5.53.